The molecule has 0 radical (unpaired) electrons. The molecule has 3 rings (SSSR count). The topological polar surface area (TPSA) is 62.7 Å². The molecule has 5 nitrogen and oxygen atoms in total. The van der Waals surface area contributed by atoms with Gasteiger partial charge in [0.1, 0.15) is 5.75 Å². The number of methoxy groups -OCH3 is 1. The molecule has 1 saturated heterocycles. The Morgan fingerprint density at radius 2 is 2.08 bits per heavy atom. The Morgan fingerprint density at radius 3 is 2.80 bits per heavy atom. The molecule has 0 aliphatic carbocycles. The minimum Gasteiger partial charge on any atom is -0.496 e. The smallest absolute Gasteiger partial charge is 0.307 e. The summed E-state index contributed by atoms with van der Waals surface area (Å²) in [5.74, 6) is -0.260. The van der Waals surface area contributed by atoms with Crippen LogP contribution in [0.2, 0.25) is 0 Å². The number of ether oxygens (including phenoxy) is 1. The summed E-state index contributed by atoms with van der Waals surface area (Å²) < 4.78 is 5.57. The van der Waals surface area contributed by atoms with Gasteiger partial charge in [0.05, 0.1) is 24.8 Å². The van der Waals surface area contributed by atoms with Crippen LogP contribution >= 0.6 is 0 Å². The van der Waals surface area contributed by atoms with Gasteiger partial charge in [0, 0.05) is 17.8 Å². The van der Waals surface area contributed by atoms with E-state index in [2.05, 4.69) is 4.90 Å². The monoisotopic (exact) mass is 340 g/mol. The molecule has 5 heteroatoms. The summed E-state index contributed by atoms with van der Waals surface area (Å²) in [4.78, 5) is 18.5. The maximum absolute atomic E-state index is 11.5. The van der Waals surface area contributed by atoms with Gasteiger partial charge in [0.25, 0.3) is 0 Å². The summed E-state index contributed by atoms with van der Waals surface area (Å²) >= 11 is 0. The lowest BCUT2D eigenvalue weighted by atomic mass is 9.93. The fourth-order valence-corrected chi connectivity index (χ4v) is 3.59. The molecule has 0 bridgehead atoms. The van der Waals surface area contributed by atoms with Crippen LogP contribution in [0.25, 0.3) is 0 Å². The quantitative estimate of drug-likeness (QED) is 0.905. The zero-order chi connectivity index (χ0) is 17.8. The van der Waals surface area contributed by atoms with Crippen LogP contribution in [0.4, 0.5) is 0 Å². The van der Waals surface area contributed by atoms with Crippen molar-refractivity contribution < 1.29 is 14.6 Å². The summed E-state index contributed by atoms with van der Waals surface area (Å²) in [5, 5.41) is 9.46. The van der Waals surface area contributed by atoms with E-state index in [-0.39, 0.29) is 12.0 Å². The highest BCUT2D eigenvalue weighted by Crippen LogP contribution is 2.36. The number of carbonyl (C=O) groups is 1. The molecule has 0 amide bonds. The number of piperidine rings is 1. The normalized spacial score (nSPS) is 19.4. The molecule has 132 valence electrons. The number of pyridine rings is 1. The van der Waals surface area contributed by atoms with Crippen LogP contribution in [-0.2, 0) is 4.79 Å². The molecule has 2 heterocycles. The third-order valence-corrected chi connectivity index (χ3v) is 4.79. The van der Waals surface area contributed by atoms with Crippen LogP contribution in [0.5, 0.6) is 5.75 Å². The molecule has 2 aromatic rings. The number of likely N-dealkylation sites (tertiary alicyclic amines) is 1. The van der Waals surface area contributed by atoms with Gasteiger partial charge in [-0.15, -0.1) is 0 Å². The number of aromatic nitrogens is 1. The van der Waals surface area contributed by atoms with E-state index in [4.69, 9.17) is 9.72 Å². The number of hydrogen-bond donors (Lipinski definition) is 1. The zero-order valence-corrected chi connectivity index (χ0v) is 14.7. The second-order valence-electron chi connectivity index (χ2n) is 6.52. The van der Waals surface area contributed by atoms with E-state index >= 15 is 0 Å². The van der Waals surface area contributed by atoms with E-state index < -0.39 is 5.97 Å². The lowest BCUT2D eigenvalue weighted by molar-refractivity contribution is -0.143. The van der Waals surface area contributed by atoms with Gasteiger partial charge in [-0.05, 0) is 44.5 Å². The molecule has 0 saturated carbocycles. The summed E-state index contributed by atoms with van der Waals surface area (Å²) in [5.41, 5.74) is 2.90. The lowest BCUT2D eigenvalue weighted by Crippen LogP contribution is -2.41. The molecular weight excluding hydrogens is 316 g/mol. The molecule has 1 N–H and O–H groups in total. The fourth-order valence-electron chi connectivity index (χ4n) is 3.59. The van der Waals surface area contributed by atoms with E-state index in [0.29, 0.717) is 6.54 Å². The predicted molar refractivity (Wildman–Crippen MR) is 95.7 cm³/mol. The molecule has 1 aromatic heterocycles. The van der Waals surface area contributed by atoms with Gasteiger partial charge in [-0.2, -0.15) is 0 Å². The number of nitrogens with zero attached hydrogens (tertiary/aromatic N) is 2. The third kappa shape index (κ3) is 3.82. The Kier molecular flexibility index (Phi) is 5.34. The highest BCUT2D eigenvalue weighted by Gasteiger charge is 2.33. The second-order valence-corrected chi connectivity index (χ2v) is 6.52. The van der Waals surface area contributed by atoms with Crippen LogP contribution in [-0.4, -0.2) is 41.2 Å². The Balaban J connectivity index is 2.04. The summed E-state index contributed by atoms with van der Waals surface area (Å²) in [7, 11) is 1.66. The second kappa shape index (κ2) is 7.66. The van der Waals surface area contributed by atoms with Crippen LogP contribution < -0.4 is 4.74 Å². The molecule has 2 atom stereocenters. The van der Waals surface area contributed by atoms with Crippen molar-refractivity contribution in [3.8, 4) is 5.75 Å². The molecular formula is C20H24N2O3. The first-order chi connectivity index (χ1) is 12.1. The highest BCUT2D eigenvalue weighted by atomic mass is 16.5. The van der Waals surface area contributed by atoms with E-state index in [1.165, 1.54) is 0 Å². The van der Waals surface area contributed by atoms with E-state index in [1.807, 2.05) is 49.4 Å². The van der Waals surface area contributed by atoms with Crippen molar-refractivity contribution in [3.63, 3.8) is 0 Å². The summed E-state index contributed by atoms with van der Waals surface area (Å²) in [6, 6.07) is 13.8. The van der Waals surface area contributed by atoms with Gasteiger partial charge in [-0.1, -0.05) is 24.3 Å². The average Bonchev–Trinajstić information content (AvgIpc) is 2.63. The first-order valence-electron chi connectivity index (χ1n) is 8.63. The first kappa shape index (κ1) is 17.4. The third-order valence-electron chi connectivity index (χ3n) is 4.79. The first-order valence-corrected chi connectivity index (χ1v) is 8.63. The number of hydrogen-bond acceptors (Lipinski definition) is 4. The summed E-state index contributed by atoms with van der Waals surface area (Å²) in [6.07, 6.45) is 1.60. The number of carboxylic acids is 1. The van der Waals surface area contributed by atoms with Crippen molar-refractivity contribution in [1.82, 2.24) is 9.88 Å². The minimum absolute atomic E-state index is 0.113. The van der Waals surface area contributed by atoms with Gasteiger partial charge >= 0.3 is 5.97 Å². The largest absolute Gasteiger partial charge is 0.496 e. The van der Waals surface area contributed by atoms with Crippen molar-refractivity contribution in [1.29, 1.82) is 0 Å². The number of aliphatic carboxylic acids is 1. The number of benzene rings is 1. The Hall–Kier alpha value is -2.40. The maximum atomic E-state index is 11.5. The van der Waals surface area contributed by atoms with Gasteiger partial charge in [0.15, 0.2) is 0 Å². The number of aryl methyl sites for hydroxylation is 1. The van der Waals surface area contributed by atoms with Gasteiger partial charge in [-0.25, -0.2) is 0 Å². The molecule has 1 fully saturated rings. The van der Waals surface area contributed by atoms with Gasteiger partial charge < -0.3 is 9.84 Å². The molecule has 1 aliphatic heterocycles. The Labute approximate surface area is 148 Å². The van der Waals surface area contributed by atoms with Crippen molar-refractivity contribution in [2.75, 3.05) is 20.2 Å². The van der Waals surface area contributed by atoms with Crippen LogP contribution in [0.15, 0.2) is 42.5 Å². The average molecular weight is 340 g/mol. The standard InChI is InChI=1S/C20H24N2O3/c1-14-7-5-10-17(21-14)19(16-9-3-4-11-18(16)25-2)22-12-6-8-15(13-22)20(23)24/h3-5,7,9-11,15,19H,6,8,12-13H2,1-2H3,(H,23,24). The van der Waals surface area contributed by atoms with E-state index in [0.717, 1.165) is 42.1 Å². The van der Waals surface area contributed by atoms with Crippen molar-refractivity contribution in [2.24, 2.45) is 5.92 Å². The molecule has 1 aromatic carbocycles. The lowest BCUT2D eigenvalue weighted by Gasteiger charge is -2.37. The fraction of sp³-hybridized carbons (Fsp3) is 0.400. The maximum Gasteiger partial charge on any atom is 0.307 e. The minimum atomic E-state index is -0.722. The zero-order valence-electron chi connectivity index (χ0n) is 14.7. The Bertz CT molecular complexity index is 747. The van der Waals surface area contributed by atoms with Crippen molar-refractivity contribution in [3.05, 3.63) is 59.4 Å². The van der Waals surface area contributed by atoms with E-state index in [1.54, 1.807) is 7.11 Å². The summed E-state index contributed by atoms with van der Waals surface area (Å²) in [6.45, 7) is 3.34. The highest BCUT2D eigenvalue weighted by molar-refractivity contribution is 5.70. The van der Waals surface area contributed by atoms with Crippen molar-refractivity contribution in [2.45, 2.75) is 25.8 Å². The molecule has 0 spiro atoms. The molecule has 25 heavy (non-hydrogen) atoms. The Morgan fingerprint density at radius 1 is 1.28 bits per heavy atom. The number of para-hydroxylation sites is 1. The number of rotatable bonds is 5. The van der Waals surface area contributed by atoms with Crippen molar-refractivity contribution >= 4 is 5.97 Å². The number of carboxylic acid groups (broad SMARTS) is 1. The van der Waals surface area contributed by atoms with Gasteiger partial charge in [-0.3, -0.25) is 14.7 Å². The molecule has 2 unspecified atom stereocenters. The SMILES string of the molecule is COc1ccccc1C(c1cccc(C)n1)N1CCCC(C(=O)O)C1. The van der Waals surface area contributed by atoms with Crippen LogP contribution in [0.3, 0.4) is 0 Å². The van der Waals surface area contributed by atoms with Crippen LogP contribution in [0, 0.1) is 12.8 Å². The van der Waals surface area contributed by atoms with Crippen LogP contribution in [0.1, 0.15) is 35.8 Å². The predicted octanol–water partition coefficient (Wildman–Crippen LogP) is 3.28. The molecule has 1 aliphatic rings. The van der Waals surface area contributed by atoms with E-state index in [9.17, 15) is 9.90 Å². The van der Waals surface area contributed by atoms with Gasteiger partial charge in [0.2, 0.25) is 0 Å².